The maximum Gasteiger partial charge on any atom is 0.355 e. The summed E-state index contributed by atoms with van der Waals surface area (Å²) in [4.78, 5) is 59.6. The molecule has 5 rings (SSSR count). The monoisotopic (exact) mass is 627 g/mol. The minimum absolute atomic E-state index is 0.00285. The molecule has 1 aromatic carbocycles. The zero-order chi connectivity index (χ0) is 32.7. The number of fused-ring (bicyclic) bond motifs is 1. The molecule has 0 saturated carbocycles. The second kappa shape index (κ2) is 12.4. The van der Waals surface area contributed by atoms with Crippen LogP contribution in [0.15, 0.2) is 60.0 Å². The smallest absolute Gasteiger partial charge is 0.349 e. The molecule has 1 aliphatic heterocycles. The maximum atomic E-state index is 14.2. The van der Waals surface area contributed by atoms with E-state index in [0.717, 1.165) is 11.3 Å². The first kappa shape index (κ1) is 31.8. The molecule has 0 radical (unpaired) electrons. The van der Waals surface area contributed by atoms with Crippen molar-refractivity contribution in [3.05, 3.63) is 87.6 Å². The van der Waals surface area contributed by atoms with Crippen LogP contribution in [0, 0.1) is 6.92 Å². The third-order valence-electron chi connectivity index (χ3n) is 8.26. The highest BCUT2D eigenvalue weighted by Crippen LogP contribution is 2.37. The molecule has 234 valence electrons. The largest absolute Gasteiger partial charge is 0.355 e. The van der Waals surface area contributed by atoms with Crippen LogP contribution in [0.5, 0.6) is 0 Å². The number of halogens is 1. The Morgan fingerprint density at radius 3 is 2.47 bits per heavy atom. The van der Waals surface area contributed by atoms with Crippen LogP contribution < -0.4 is 10.6 Å². The number of hydrogen-bond acceptors (Lipinski definition) is 7. The van der Waals surface area contributed by atoms with E-state index in [-0.39, 0.29) is 29.8 Å². The van der Waals surface area contributed by atoms with Gasteiger partial charge >= 0.3 is 5.69 Å². The summed E-state index contributed by atoms with van der Waals surface area (Å²) in [5.41, 5.74) is 3.37. The Hall–Kier alpha value is -4.57. The average molecular weight is 628 g/mol. The van der Waals surface area contributed by atoms with Gasteiger partial charge in [0.25, 0.3) is 5.91 Å². The lowest BCUT2D eigenvalue weighted by atomic mass is 10.0. The maximum absolute atomic E-state index is 14.2. The number of piperazine rings is 1. The minimum Gasteiger partial charge on any atom is -0.349 e. The Kier molecular flexibility index (Phi) is 8.80. The standard InChI is InChI=1S/C34H38ClN7O3/c1-9-27(43)40-17-22(6)41(18-21(40)5)31-25-16-26(35)29(23-12-10-11-13-24(23)33(44)39(7)8)37-32(25)42(34(45)38-31)30-20(4)14-15-36-28(30)19(2)3/h9-16,19,21-22H,1,17-18H2,2-8H3/t21-,22+/m1/s1. The quantitative estimate of drug-likeness (QED) is 0.269. The highest BCUT2D eigenvalue weighted by molar-refractivity contribution is 6.34. The van der Waals surface area contributed by atoms with Crippen molar-refractivity contribution in [2.24, 2.45) is 0 Å². The van der Waals surface area contributed by atoms with E-state index < -0.39 is 5.69 Å². The molecule has 0 unspecified atom stereocenters. The van der Waals surface area contributed by atoms with Crippen LogP contribution in [0.25, 0.3) is 28.0 Å². The molecule has 0 spiro atoms. The van der Waals surface area contributed by atoms with E-state index >= 15 is 0 Å². The Labute approximate surface area is 268 Å². The second-order valence-electron chi connectivity index (χ2n) is 12.1. The predicted molar refractivity (Wildman–Crippen MR) is 178 cm³/mol. The van der Waals surface area contributed by atoms with E-state index in [1.165, 1.54) is 15.5 Å². The number of aryl methyl sites for hydroxylation is 1. The number of amides is 2. The molecule has 45 heavy (non-hydrogen) atoms. The predicted octanol–water partition coefficient (Wildman–Crippen LogP) is 5.24. The summed E-state index contributed by atoms with van der Waals surface area (Å²) in [5, 5.41) is 0.878. The van der Waals surface area contributed by atoms with Crippen LogP contribution in [0.1, 0.15) is 55.2 Å². The van der Waals surface area contributed by atoms with Gasteiger partial charge in [-0.15, -0.1) is 0 Å². The van der Waals surface area contributed by atoms with Crippen molar-refractivity contribution in [3.8, 4) is 16.9 Å². The fourth-order valence-corrected chi connectivity index (χ4v) is 6.22. The third kappa shape index (κ3) is 5.70. The van der Waals surface area contributed by atoms with Gasteiger partial charge in [-0.25, -0.2) is 14.3 Å². The molecule has 4 heterocycles. The van der Waals surface area contributed by atoms with Gasteiger partial charge in [0, 0.05) is 56.6 Å². The van der Waals surface area contributed by atoms with Crippen LogP contribution in [0.4, 0.5) is 5.82 Å². The van der Waals surface area contributed by atoms with Crippen molar-refractivity contribution in [1.82, 2.24) is 29.3 Å². The summed E-state index contributed by atoms with van der Waals surface area (Å²) >= 11 is 7.01. The van der Waals surface area contributed by atoms with E-state index in [4.69, 9.17) is 16.6 Å². The van der Waals surface area contributed by atoms with Crippen molar-refractivity contribution < 1.29 is 9.59 Å². The fourth-order valence-electron chi connectivity index (χ4n) is 5.96. The molecular weight excluding hydrogens is 590 g/mol. The molecule has 2 atom stereocenters. The van der Waals surface area contributed by atoms with Gasteiger partial charge in [0.15, 0.2) is 5.65 Å². The SMILES string of the molecule is C=CC(=O)N1C[C@H](C)N(c2nc(=O)n(-c3c(C)ccnc3C(C)C)c3nc(-c4ccccc4C(=O)N(C)C)c(Cl)cc23)C[C@H]1C. The summed E-state index contributed by atoms with van der Waals surface area (Å²) in [5.74, 6) is 0.0951. The highest BCUT2D eigenvalue weighted by Gasteiger charge is 2.34. The molecule has 0 bridgehead atoms. The van der Waals surface area contributed by atoms with Crippen LogP contribution in [0.2, 0.25) is 5.02 Å². The van der Waals surface area contributed by atoms with E-state index in [0.29, 0.717) is 57.5 Å². The molecule has 4 aromatic rings. The summed E-state index contributed by atoms with van der Waals surface area (Å²) in [7, 11) is 3.38. The van der Waals surface area contributed by atoms with Crippen molar-refractivity contribution in [1.29, 1.82) is 0 Å². The first-order valence-electron chi connectivity index (χ1n) is 15.0. The molecule has 1 fully saturated rings. The summed E-state index contributed by atoms with van der Waals surface area (Å²) < 4.78 is 1.51. The van der Waals surface area contributed by atoms with E-state index in [2.05, 4.69) is 16.5 Å². The van der Waals surface area contributed by atoms with E-state index in [9.17, 15) is 14.4 Å². The van der Waals surface area contributed by atoms with Gasteiger partial charge in [-0.2, -0.15) is 4.98 Å². The molecule has 0 N–H and O–H groups in total. The Morgan fingerprint density at radius 2 is 1.80 bits per heavy atom. The molecule has 0 aliphatic carbocycles. The highest BCUT2D eigenvalue weighted by atomic mass is 35.5. The zero-order valence-electron chi connectivity index (χ0n) is 26.7. The fraction of sp³-hybridized carbons (Fsp3) is 0.353. The first-order valence-corrected chi connectivity index (χ1v) is 15.3. The summed E-state index contributed by atoms with van der Waals surface area (Å²) in [6, 6.07) is 10.5. The normalized spacial score (nSPS) is 16.7. The van der Waals surface area contributed by atoms with Crippen molar-refractivity contribution in [2.75, 3.05) is 32.1 Å². The zero-order valence-corrected chi connectivity index (χ0v) is 27.5. The number of nitrogens with zero attached hydrogens (tertiary/aromatic N) is 7. The number of pyridine rings is 2. The molecule has 11 heteroatoms. The van der Waals surface area contributed by atoms with Crippen molar-refractivity contribution in [2.45, 2.75) is 52.6 Å². The molecule has 1 saturated heterocycles. The van der Waals surface area contributed by atoms with Gasteiger partial charge in [-0.05, 0) is 56.5 Å². The van der Waals surface area contributed by atoms with Crippen LogP contribution in [0.3, 0.4) is 0 Å². The van der Waals surface area contributed by atoms with E-state index in [1.807, 2.05) is 51.7 Å². The molecule has 10 nitrogen and oxygen atoms in total. The van der Waals surface area contributed by atoms with Gasteiger partial charge in [0.2, 0.25) is 5.91 Å². The minimum atomic E-state index is -0.515. The lowest BCUT2D eigenvalue weighted by Gasteiger charge is -2.44. The Bertz CT molecular complexity index is 1880. The number of anilines is 1. The van der Waals surface area contributed by atoms with Crippen LogP contribution in [-0.2, 0) is 4.79 Å². The van der Waals surface area contributed by atoms with Gasteiger partial charge in [-0.3, -0.25) is 14.6 Å². The van der Waals surface area contributed by atoms with Gasteiger partial charge in [0.05, 0.1) is 27.5 Å². The van der Waals surface area contributed by atoms with Gasteiger partial charge in [-0.1, -0.05) is 50.2 Å². The molecule has 1 aliphatic rings. The van der Waals surface area contributed by atoms with Crippen LogP contribution >= 0.6 is 11.6 Å². The topological polar surface area (TPSA) is 105 Å². The Balaban J connectivity index is 1.84. The molecule has 2 amide bonds. The second-order valence-corrected chi connectivity index (χ2v) is 12.5. The van der Waals surface area contributed by atoms with Gasteiger partial charge in [0.1, 0.15) is 5.82 Å². The number of carbonyl (C=O) groups is 2. The lowest BCUT2D eigenvalue weighted by molar-refractivity contribution is -0.128. The lowest BCUT2D eigenvalue weighted by Crippen LogP contribution is -2.58. The number of rotatable bonds is 6. The number of hydrogen-bond donors (Lipinski definition) is 0. The third-order valence-corrected chi connectivity index (χ3v) is 8.55. The van der Waals surface area contributed by atoms with E-state index in [1.54, 1.807) is 49.5 Å². The molecular formula is C34H38ClN7O3. The van der Waals surface area contributed by atoms with Gasteiger partial charge < -0.3 is 14.7 Å². The number of aromatic nitrogens is 4. The summed E-state index contributed by atoms with van der Waals surface area (Å²) in [6.07, 6.45) is 3.05. The summed E-state index contributed by atoms with van der Waals surface area (Å²) in [6.45, 7) is 14.4. The van der Waals surface area contributed by atoms with Crippen molar-refractivity contribution >= 4 is 40.3 Å². The molecule has 3 aromatic heterocycles. The first-order chi connectivity index (χ1) is 21.3. The average Bonchev–Trinajstić information content (AvgIpc) is 3.01. The van der Waals surface area contributed by atoms with Crippen LogP contribution in [-0.4, -0.2) is 80.4 Å². The number of benzene rings is 1. The Morgan fingerprint density at radius 1 is 1.09 bits per heavy atom. The van der Waals surface area contributed by atoms with Crippen molar-refractivity contribution in [3.63, 3.8) is 0 Å². The number of carbonyl (C=O) groups excluding carboxylic acids is 2.